The largest absolute Gasteiger partial charge is 0.465 e. The minimum Gasteiger partial charge on any atom is -0.465 e. The summed E-state index contributed by atoms with van der Waals surface area (Å²) in [5.41, 5.74) is 0.610. The predicted octanol–water partition coefficient (Wildman–Crippen LogP) is 3.12. The van der Waals surface area contributed by atoms with Gasteiger partial charge in [-0.15, -0.1) is 0 Å². The highest BCUT2D eigenvalue weighted by Gasteiger charge is 2.28. The molecule has 0 saturated carbocycles. The Balaban J connectivity index is 2.22. The maximum absolute atomic E-state index is 13.6. The highest BCUT2D eigenvalue weighted by atomic mass is 19.1. The first kappa shape index (κ1) is 19.3. The molecule has 1 heterocycles. The Morgan fingerprint density at radius 1 is 1.12 bits per heavy atom. The number of carbonyl (C=O) groups excluding carboxylic acids is 3. The molecule has 0 unspecified atom stereocenters. The molecule has 0 fully saturated rings. The molecule has 1 N–H and O–H groups in total. The highest BCUT2D eigenvalue weighted by Crippen LogP contribution is 2.21. The second kappa shape index (κ2) is 7.47. The van der Waals surface area contributed by atoms with E-state index in [-0.39, 0.29) is 11.3 Å². The third kappa shape index (κ3) is 3.63. The number of hydrogen-bond donors (Lipinski definition) is 1. The average molecular weight is 365 g/mol. The van der Waals surface area contributed by atoms with Crippen LogP contribution in [-0.4, -0.2) is 35.9 Å². The molecule has 26 heavy (non-hydrogen) atoms. The molecule has 0 aliphatic carbocycles. The number of rotatable bonds is 5. The van der Waals surface area contributed by atoms with Crippen LogP contribution >= 0.6 is 0 Å². The average Bonchev–Trinajstić information content (AvgIpc) is 2.87. The van der Waals surface area contributed by atoms with E-state index in [4.69, 9.17) is 4.74 Å². The lowest BCUT2D eigenvalue weighted by molar-refractivity contribution is 0.0312. The summed E-state index contributed by atoms with van der Waals surface area (Å²) < 4.78 is 36.2. The van der Waals surface area contributed by atoms with Gasteiger partial charge in [0.15, 0.2) is 6.10 Å². The van der Waals surface area contributed by atoms with Crippen molar-refractivity contribution in [2.24, 2.45) is 0 Å². The van der Waals surface area contributed by atoms with E-state index in [9.17, 15) is 23.2 Å². The third-order valence-corrected chi connectivity index (χ3v) is 3.88. The van der Waals surface area contributed by atoms with Gasteiger partial charge in [0.25, 0.3) is 0 Å². The maximum atomic E-state index is 13.6. The van der Waals surface area contributed by atoms with Crippen molar-refractivity contribution >= 4 is 17.7 Å². The van der Waals surface area contributed by atoms with Crippen LogP contribution in [0.1, 0.15) is 49.4 Å². The number of ether oxygens (including phenoxy) is 2. The van der Waals surface area contributed by atoms with E-state index in [1.54, 1.807) is 13.8 Å². The molecule has 1 aromatic heterocycles. The van der Waals surface area contributed by atoms with Gasteiger partial charge >= 0.3 is 11.9 Å². The van der Waals surface area contributed by atoms with Gasteiger partial charge in [0.2, 0.25) is 5.78 Å². The third-order valence-electron chi connectivity index (χ3n) is 3.88. The van der Waals surface area contributed by atoms with Crippen LogP contribution in [0.4, 0.5) is 8.78 Å². The van der Waals surface area contributed by atoms with E-state index in [0.29, 0.717) is 17.3 Å². The zero-order valence-electron chi connectivity index (χ0n) is 14.6. The number of aryl methyl sites for hydroxylation is 1. The number of methoxy groups -OCH3 is 1. The summed E-state index contributed by atoms with van der Waals surface area (Å²) in [6.45, 7) is 4.47. The van der Waals surface area contributed by atoms with Crippen LogP contribution in [0.5, 0.6) is 0 Å². The molecule has 2 aromatic rings. The van der Waals surface area contributed by atoms with Crippen molar-refractivity contribution in [1.29, 1.82) is 0 Å². The molecular weight excluding hydrogens is 348 g/mol. The summed E-state index contributed by atoms with van der Waals surface area (Å²) in [6, 6.07) is 2.39. The fourth-order valence-corrected chi connectivity index (χ4v) is 2.54. The Morgan fingerprint density at radius 3 is 2.35 bits per heavy atom. The Labute approximate surface area is 148 Å². The maximum Gasteiger partial charge on any atom is 0.341 e. The Morgan fingerprint density at radius 2 is 1.77 bits per heavy atom. The van der Waals surface area contributed by atoms with Crippen LogP contribution in [0.25, 0.3) is 0 Å². The lowest BCUT2D eigenvalue weighted by Crippen LogP contribution is -2.26. The van der Waals surface area contributed by atoms with Crippen molar-refractivity contribution in [1.82, 2.24) is 4.98 Å². The molecule has 2 rings (SSSR count). The molecule has 138 valence electrons. The van der Waals surface area contributed by atoms with Crippen molar-refractivity contribution in [3.63, 3.8) is 0 Å². The zero-order valence-corrected chi connectivity index (χ0v) is 14.6. The molecule has 0 amide bonds. The summed E-state index contributed by atoms with van der Waals surface area (Å²) in [6.07, 6.45) is -1.26. The number of halogens is 2. The molecule has 0 bridgehead atoms. The lowest BCUT2D eigenvalue weighted by Gasteiger charge is -2.12. The molecule has 6 nitrogen and oxygen atoms in total. The fraction of sp³-hybridized carbons (Fsp3) is 0.278. The fourth-order valence-electron chi connectivity index (χ4n) is 2.54. The smallest absolute Gasteiger partial charge is 0.341 e. The number of hydrogen-bond acceptors (Lipinski definition) is 5. The first-order valence-electron chi connectivity index (χ1n) is 7.65. The second-order valence-electron chi connectivity index (χ2n) is 5.65. The van der Waals surface area contributed by atoms with E-state index in [0.717, 1.165) is 12.1 Å². The molecule has 0 radical (unpaired) electrons. The van der Waals surface area contributed by atoms with Gasteiger partial charge in [-0.1, -0.05) is 0 Å². The SMILES string of the molecule is COC(=O)c1c(C)[nH]c(C(=O)[C@H](C)OC(=O)c2ccc(F)cc2F)c1C. The molecule has 0 aliphatic heterocycles. The van der Waals surface area contributed by atoms with E-state index in [1.807, 2.05) is 0 Å². The Hall–Kier alpha value is -3.03. The van der Waals surface area contributed by atoms with Crippen molar-refractivity contribution in [3.8, 4) is 0 Å². The first-order valence-corrected chi connectivity index (χ1v) is 7.65. The minimum absolute atomic E-state index is 0.0859. The van der Waals surface area contributed by atoms with Gasteiger partial charge in [-0.05, 0) is 38.5 Å². The number of aromatic amines is 1. The van der Waals surface area contributed by atoms with Crippen LogP contribution in [0, 0.1) is 25.5 Å². The van der Waals surface area contributed by atoms with Crippen molar-refractivity contribution in [2.45, 2.75) is 26.9 Å². The van der Waals surface area contributed by atoms with Gasteiger partial charge in [-0.2, -0.15) is 0 Å². The van der Waals surface area contributed by atoms with Gasteiger partial charge in [-0.3, -0.25) is 4.79 Å². The second-order valence-corrected chi connectivity index (χ2v) is 5.65. The van der Waals surface area contributed by atoms with Crippen LogP contribution in [-0.2, 0) is 9.47 Å². The van der Waals surface area contributed by atoms with Gasteiger partial charge in [0.05, 0.1) is 23.9 Å². The van der Waals surface area contributed by atoms with Gasteiger partial charge in [0, 0.05) is 11.8 Å². The van der Waals surface area contributed by atoms with E-state index < -0.39 is 41.0 Å². The summed E-state index contributed by atoms with van der Waals surface area (Å²) in [5, 5.41) is 0. The topological polar surface area (TPSA) is 85.5 Å². The van der Waals surface area contributed by atoms with E-state index in [1.165, 1.54) is 14.0 Å². The number of benzene rings is 1. The summed E-state index contributed by atoms with van der Waals surface area (Å²) in [5.74, 6) is -4.23. The summed E-state index contributed by atoms with van der Waals surface area (Å²) in [4.78, 5) is 39.1. The standard InChI is InChI=1S/C18H17F2NO5/c1-8-14(18(24)25-4)9(2)21-15(8)16(22)10(3)26-17(23)12-6-5-11(19)7-13(12)20/h5-7,10,21H,1-4H3/t10-/m0/s1. The Bertz CT molecular complexity index is 888. The van der Waals surface area contributed by atoms with Crippen molar-refractivity contribution in [2.75, 3.05) is 7.11 Å². The van der Waals surface area contributed by atoms with Crippen LogP contribution < -0.4 is 0 Å². The predicted molar refractivity (Wildman–Crippen MR) is 87.2 cm³/mol. The van der Waals surface area contributed by atoms with Crippen molar-refractivity contribution < 1.29 is 32.6 Å². The number of aromatic nitrogens is 1. The minimum atomic E-state index is -1.26. The summed E-state index contributed by atoms with van der Waals surface area (Å²) in [7, 11) is 1.22. The van der Waals surface area contributed by atoms with E-state index in [2.05, 4.69) is 9.72 Å². The van der Waals surface area contributed by atoms with Crippen LogP contribution in [0.15, 0.2) is 18.2 Å². The van der Waals surface area contributed by atoms with Crippen LogP contribution in [0.2, 0.25) is 0 Å². The number of esters is 2. The number of H-pyrrole nitrogens is 1. The highest BCUT2D eigenvalue weighted by molar-refractivity contribution is 6.04. The number of carbonyl (C=O) groups is 3. The normalized spacial score (nSPS) is 11.8. The lowest BCUT2D eigenvalue weighted by atomic mass is 10.1. The number of ketones is 1. The first-order chi connectivity index (χ1) is 12.2. The molecule has 0 spiro atoms. The van der Waals surface area contributed by atoms with Crippen molar-refractivity contribution in [3.05, 3.63) is 57.9 Å². The van der Waals surface area contributed by atoms with Crippen LogP contribution in [0.3, 0.4) is 0 Å². The Kier molecular flexibility index (Phi) is 5.54. The zero-order chi connectivity index (χ0) is 19.6. The summed E-state index contributed by atoms with van der Waals surface area (Å²) >= 11 is 0. The molecule has 8 heteroatoms. The number of Topliss-reactive ketones (excluding diaryl/α,β-unsaturated/α-hetero) is 1. The molecule has 0 aliphatic rings. The number of nitrogens with one attached hydrogen (secondary N) is 1. The molecular formula is C18H17F2NO5. The molecule has 0 saturated heterocycles. The van der Waals surface area contributed by atoms with Gasteiger partial charge < -0.3 is 14.5 Å². The van der Waals surface area contributed by atoms with Gasteiger partial charge in [-0.25, -0.2) is 18.4 Å². The van der Waals surface area contributed by atoms with E-state index >= 15 is 0 Å². The molecule has 1 atom stereocenters. The monoisotopic (exact) mass is 365 g/mol. The molecule has 1 aromatic carbocycles. The quantitative estimate of drug-likeness (QED) is 0.650. The van der Waals surface area contributed by atoms with Gasteiger partial charge in [0.1, 0.15) is 11.6 Å².